The van der Waals surface area contributed by atoms with Crippen LogP contribution < -0.4 is 4.90 Å². The van der Waals surface area contributed by atoms with Gasteiger partial charge in [-0.3, -0.25) is 4.79 Å². The van der Waals surface area contributed by atoms with E-state index in [2.05, 4.69) is 29.9 Å². The summed E-state index contributed by atoms with van der Waals surface area (Å²) in [6.07, 6.45) is -3.23. The van der Waals surface area contributed by atoms with E-state index in [1.807, 2.05) is 29.2 Å². The van der Waals surface area contributed by atoms with Gasteiger partial charge in [0.15, 0.2) is 0 Å². The van der Waals surface area contributed by atoms with Gasteiger partial charge in [-0.2, -0.15) is 18.2 Å². The fraction of sp³-hybridized carbons (Fsp3) is 0.435. The number of anilines is 1. The maximum atomic E-state index is 13.0. The number of alkyl halides is 3. The van der Waals surface area contributed by atoms with Crippen molar-refractivity contribution < 1.29 is 18.0 Å². The Morgan fingerprint density at radius 2 is 1.86 bits per heavy atom. The number of carbonyl (C=O) groups excluding carboxylic acids is 1. The van der Waals surface area contributed by atoms with Gasteiger partial charge >= 0.3 is 6.18 Å². The van der Waals surface area contributed by atoms with Crippen molar-refractivity contribution in [3.63, 3.8) is 0 Å². The van der Waals surface area contributed by atoms with E-state index in [1.165, 1.54) is 0 Å². The summed E-state index contributed by atoms with van der Waals surface area (Å²) in [5.41, 5.74) is 3.66. The number of hydrogen-bond acceptors (Lipinski definition) is 6. The van der Waals surface area contributed by atoms with Crippen LogP contribution in [-0.4, -0.2) is 66.5 Å². The number of imidazole rings is 1. The Morgan fingerprint density at radius 3 is 2.63 bits per heavy atom. The van der Waals surface area contributed by atoms with Crippen molar-refractivity contribution in [2.45, 2.75) is 39.3 Å². The first-order valence-corrected chi connectivity index (χ1v) is 11.5. The average molecular weight is 487 g/mol. The molecule has 12 heteroatoms. The number of amides is 1. The lowest BCUT2D eigenvalue weighted by atomic mass is 10.1. The second-order valence-electron chi connectivity index (χ2n) is 8.71. The van der Waals surface area contributed by atoms with Gasteiger partial charge in [-0.25, -0.2) is 14.5 Å². The SMILES string of the molecule is Cc1nc2nc(C(F)(F)F)nn2c(C)c1CCC(=O)N1CCCN(c2nc3ccccc3[nH]2)CC1. The predicted molar refractivity (Wildman–Crippen MR) is 123 cm³/mol. The van der Waals surface area contributed by atoms with Crippen LogP contribution in [0.25, 0.3) is 16.8 Å². The summed E-state index contributed by atoms with van der Waals surface area (Å²) < 4.78 is 40.2. The number of H-pyrrole nitrogens is 1. The van der Waals surface area contributed by atoms with Crippen LogP contribution in [-0.2, 0) is 17.4 Å². The zero-order valence-corrected chi connectivity index (χ0v) is 19.4. The number of aromatic amines is 1. The number of hydrogen-bond donors (Lipinski definition) is 1. The number of nitrogens with zero attached hydrogens (tertiary/aromatic N) is 7. The van der Waals surface area contributed by atoms with Crippen LogP contribution in [0.1, 0.15) is 35.6 Å². The van der Waals surface area contributed by atoms with E-state index >= 15 is 0 Å². The van der Waals surface area contributed by atoms with Crippen LogP contribution in [0.3, 0.4) is 0 Å². The third kappa shape index (κ3) is 4.52. The van der Waals surface area contributed by atoms with E-state index in [0.717, 1.165) is 34.5 Å². The minimum atomic E-state index is -4.65. The molecule has 0 radical (unpaired) electrons. The van der Waals surface area contributed by atoms with Crippen molar-refractivity contribution >= 4 is 28.7 Å². The van der Waals surface area contributed by atoms with Gasteiger partial charge in [0, 0.05) is 44.0 Å². The van der Waals surface area contributed by atoms with Crippen LogP contribution >= 0.6 is 0 Å². The van der Waals surface area contributed by atoms with E-state index in [9.17, 15) is 18.0 Å². The number of rotatable bonds is 4. The van der Waals surface area contributed by atoms with E-state index < -0.39 is 12.0 Å². The molecule has 5 rings (SSSR count). The third-order valence-corrected chi connectivity index (χ3v) is 6.42. The lowest BCUT2D eigenvalue weighted by molar-refractivity contribution is -0.144. The molecule has 1 aromatic carbocycles. The summed E-state index contributed by atoms with van der Waals surface area (Å²) in [5, 5.41) is 3.58. The highest BCUT2D eigenvalue weighted by Crippen LogP contribution is 2.27. The normalized spacial score (nSPS) is 15.2. The molecule has 4 heterocycles. The van der Waals surface area contributed by atoms with Gasteiger partial charge in [0.25, 0.3) is 11.6 Å². The fourth-order valence-corrected chi connectivity index (χ4v) is 4.55. The summed E-state index contributed by atoms with van der Waals surface area (Å²) in [6, 6.07) is 7.85. The molecule has 184 valence electrons. The van der Waals surface area contributed by atoms with Gasteiger partial charge in [-0.05, 0) is 44.4 Å². The molecule has 1 N–H and O–H groups in total. The molecule has 0 aliphatic carbocycles. The van der Waals surface area contributed by atoms with Crippen molar-refractivity contribution in [1.29, 1.82) is 0 Å². The smallest absolute Gasteiger partial charge is 0.341 e. The van der Waals surface area contributed by atoms with Crippen molar-refractivity contribution in [3.05, 3.63) is 47.0 Å². The summed E-state index contributed by atoms with van der Waals surface area (Å²) in [5.74, 6) is -0.512. The molecule has 0 saturated carbocycles. The largest absolute Gasteiger partial charge is 0.453 e. The molecule has 0 atom stereocenters. The number of carbonyl (C=O) groups is 1. The van der Waals surface area contributed by atoms with Gasteiger partial charge in [0.2, 0.25) is 11.9 Å². The molecule has 35 heavy (non-hydrogen) atoms. The molecule has 1 amide bonds. The lowest BCUT2D eigenvalue weighted by Gasteiger charge is -2.22. The predicted octanol–water partition coefficient (Wildman–Crippen LogP) is 3.31. The second kappa shape index (κ2) is 8.82. The Bertz CT molecular complexity index is 1360. The summed E-state index contributed by atoms with van der Waals surface area (Å²) in [7, 11) is 0. The molecule has 4 aromatic rings. The van der Waals surface area contributed by atoms with Crippen molar-refractivity contribution in [1.82, 2.24) is 34.4 Å². The molecule has 3 aromatic heterocycles. The van der Waals surface area contributed by atoms with Gasteiger partial charge in [0.05, 0.1) is 11.0 Å². The maximum absolute atomic E-state index is 13.0. The molecular formula is C23H25F3N8O. The van der Waals surface area contributed by atoms with Crippen LogP contribution in [0.15, 0.2) is 24.3 Å². The zero-order valence-electron chi connectivity index (χ0n) is 19.4. The van der Waals surface area contributed by atoms with E-state index in [1.54, 1.807) is 13.8 Å². The van der Waals surface area contributed by atoms with Crippen molar-refractivity contribution in [3.8, 4) is 0 Å². The quantitative estimate of drug-likeness (QED) is 0.476. The highest BCUT2D eigenvalue weighted by Gasteiger charge is 2.37. The van der Waals surface area contributed by atoms with E-state index in [4.69, 9.17) is 0 Å². The fourth-order valence-electron chi connectivity index (χ4n) is 4.55. The topological polar surface area (TPSA) is 95.3 Å². The minimum Gasteiger partial charge on any atom is -0.341 e. The zero-order chi connectivity index (χ0) is 24.7. The molecule has 1 fully saturated rings. The Balaban J connectivity index is 1.25. The van der Waals surface area contributed by atoms with Crippen LogP contribution in [0.4, 0.5) is 19.1 Å². The third-order valence-electron chi connectivity index (χ3n) is 6.42. The van der Waals surface area contributed by atoms with E-state index in [-0.39, 0.29) is 18.1 Å². The molecule has 1 aliphatic heterocycles. The summed E-state index contributed by atoms with van der Waals surface area (Å²) >= 11 is 0. The first-order chi connectivity index (χ1) is 16.7. The van der Waals surface area contributed by atoms with Crippen LogP contribution in [0, 0.1) is 13.8 Å². The number of aryl methyl sites for hydroxylation is 2. The number of para-hydroxylation sites is 2. The number of nitrogens with one attached hydrogen (secondary N) is 1. The van der Waals surface area contributed by atoms with Crippen molar-refractivity contribution in [2.75, 3.05) is 31.1 Å². The molecule has 0 bridgehead atoms. The maximum Gasteiger partial charge on any atom is 0.453 e. The van der Waals surface area contributed by atoms with Crippen LogP contribution in [0.5, 0.6) is 0 Å². The van der Waals surface area contributed by atoms with Gasteiger partial charge < -0.3 is 14.8 Å². The Morgan fingerprint density at radius 1 is 1.06 bits per heavy atom. The highest BCUT2D eigenvalue weighted by atomic mass is 19.4. The lowest BCUT2D eigenvalue weighted by Crippen LogP contribution is -2.35. The average Bonchev–Trinajstić information content (AvgIpc) is 3.36. The summed E-state index contributed by atoms with van der Waals surface area (Å²) in [6.45, 7) is 6.05. The number of halogens is 3. The van der Waals surface area contributed by atoms with Gasteiger partial charge in [-0.15, -0.1) is 5.10 Å². The molecule has 1 saturated heterocycles. The monoisotopic (exact) mass is 486 g/mol. The molecule has 9 nitrogen and oxygen atoms in total. The van der Waals surface area contributed by atoms with E-state index in [0.29, 0.717) is 43.0 Å². The van der Waals surface area contributed by atoms with Gasteiger partial charge in [-0.1, -0.05) is 12.1 Å². The summed E-state index contributed by atoms with van der Waals surface area (Å²) in [4.78, 5) is 32.7. The Kier molecular flexibility index (Phi) is 5.81. The second-order valence-corrected chi connectivity index (χ2v) is 8.71. The first-order valence-electron chi connectivity index (χ1n) is 11.5. The van der Waals surface area contributed by atoms with Crippen LogP contribution in [0.2, 0.25) is 0 Å². The highest BCUT2D eigenvalue weighted by molar-refractivity contribution is 5.78. The molecule has 1 aliphatic rings. The molecule has 0 spiro atoms. The number of benzene rings is 1. The Hall–Kier alpha value is -3.70. The molecule has 0 unspecified atom stereocenters. The minimum absolute atomic E-state index is 0.00456. The molecular weight excluding hydrogens is 461 g/mol. The van der Waals surface area contributed by atoms with Gasteiger partial charge in [0.1, 0.15) is 0 Å². The van der Waals surface area contributed by atoms with Crippen molar-refractivity contribution in [2.24, 2.45) is 0 Å². The Labute approximate surface area is 199 Å². The number of fused-ring (bicyclic) bond motifs is 2. The first kappa shape index (κ1) is 23.1. The standard InChI is InChI=1S/C23H25F3N8O/c1-14-16(15(2)34-22(27-14)30-20(31-34)23(24,25)26)8-9-19(35)32-10-5-11-33(13-12-32)21-28-17-6-3-4-7-18(17)29-21/h3-4,6-7H,5,8-13H2,1-2H3,(H,28,29). The number of aromatic nitrogens is 6.